The summed E-state index contributed by atoms with van der Waals surface area (Å²) in [5, 5.41) is 9.56. The molecule has 0 amide bonds. The number of fused-ring (bicyclic) bond motifs is 2. The Balaban J connectivity index is 1.64. The second-order valence-corrected chi connectivity index (χ2v) is 6.11. The highest BCUT2D eigenvalue weighted by molar-refractivity contribution is 5.74. The normalized spacial score (nSPS) is 38.2. The van der Waals surface area contributed by atoms with E-state index >= 15 is 0 Å². The summed E-state index contributed by atoms with van der Waals surface area (Å²) in [7, 11) is 0. The number of carbonyl (C=O) groups excluding carboxylic acids is 1. The second-order valence-electron chi connectivity index (χ2n) is 6.11. The number of hydrogen-bond acceptors (Lipinski definition) is 3. The number of rotatable bonds is 2. The van der Waals surface area contributed by atoms with Crippen molar-refractivity contribution in [1.82, 2.24) is 0 Å². The molecule has 0 radical (unpaired) electrons. The Morgan fingerprint density at radius 3 is 2.65 bits per heavy atom. The van der Waals surface area contributed by atoms with Crippen LogP contribution in [0.4, 0.5) is 0 Å². The zero-order chi connectivity index (χ0) is 12.0. The van der Waals surface area contributed by atoms with E-state index in [-0.39, 0.29) is 29.3 Å². The number of esters is 1. The summed E-state index contributed by atoms with van der Waals surface area (Å²) in [6.45, 7) is 2.05. The van der Waals surface area contributed by atoms with Crippen LogP contribution in [0.5, 0.6) is 0 Å². The Morgan fingerprint density at radius 1 is 1.41 bits per heavy atom. The van der Waals surface area contributed by atoms with Gasteiger partial charge in [-0.3, -0.25) is 4.79 Å². The van der Waals surface area contributed by atoms with Crippen LogP contribution in [-0.4, -0.2) is 16.7 Å². The van der Waals surface area contributed by atoms with E-state index < -0.39 is 0 Å². The van der Waals surface area contributed by atoms with E-state index in [1.807, 2.05) is 6.08 Å². The summed E-state index contributed by atoms with van der Waals surface area (Å²) in [5.41, 5.74) is -0.218. The molecule has 3 aliphatic rings. The zero-order valence-corrected chi connectivity index (χ0v) is 10.3. The van der Waals surface area contributed by atoms with Crippen LogP contribution in [0, 0.1) is 17.8 Å². The first kappa shape index (κ1) is 11.1. The number of aliphatic hydroxyl groups is 1. The van der Waals surface area contributed by atoms with Crippen LogP contribution < -0.4 is 0 Å². The third kappa shape index (κ3) is 1.85. The van der Waals surface area contributed by atoms with Crippen LogP contribution in [0.2, 0.25) is 0 Å². The topological polar surface area (TPSA) is 46.5 Å². The van der Waals surface area contributed by atoms with Crippen molar-refractivity contribution in [2.75, 3.05) is 0 Å². The molecular formula is C14H20O3. The summed E-state index contributed by atoms with van der Waals surface area (Å²) < 4.78 is 5.72. The van der Waals surface area contributed by atoms with E-state index in [1.165, 1.54) is 12.8 Å². The number of ether oxygens (including phenoxy) is 1. The van der Waals surface area contributed by atoms with E-state index in [4.69, 9.17) is 4.74 Å². The molecule has 3 unspecified atom stereocenters. The summed E-state index contributed by atoms with van der Waals surface area (Å²) in [4.78, 5) is 12.2. The lowest BCUT2D eigenvalue weighted by molar-refractivity contribution is -0.163. The van der Waals surface area contributed by atoms with E-state index in [2.05, 4.69) is 6.92 Å². The lowest BCUT2D eigenvalue weighted by atomic mass is 9.92. The average molecular weight is 236 g/mol. The maximum absolute atomic E-state index is 12.2. The lowest BCUT2D eigenvalue weighted by Crippen LogP contribution is -2.33. The molecule has 1 N–H and O–H groups in total. The standard InChI is InChI=1S/C14H20O3/c1-14(4-2-3-5-14)17-13(16)11-7-10-6-9(11)8-12(10)15/h8-11,15H,2-7H2,1H3. The molecule has 0 aliphatic heterocycles. The van der Waals surface area contributed by atoms with Crippen molar-refractivity contribution in [3.63, 3.8) is 0 Å². The first-order valence-electron chi connectivity index (χ1n) is 6.71. The maximum Gasteiger partial charge on any atom is 0.310 e. The molecule has 0 saturated heterocycles. The van der Waals surface area contributed by atoms with E-state index in [0.29, 0.717) is 5.76 Å². The van der Waals surface area contributed by atoms with Gasteiger partial charge in [-0.2, -0.15) is 0 Å². The molecule has 2 bridgehead atoms. The van der Waals surface area contributed by atoms with Crippen molar-refractivity contribution >= 4 is 5.97 Å². The minimum atomic E-state index is -0.218. The van der Waals surface area contributed by atoms with Crippen LogP contribution in [-0.2, 0) is 9.53 Å². The highest BCUT2D eigenvalue weighted by Gasteiger charge is 2.46. The van der Waals surface area contributed by atoms with Crippen molar-refractivity contribution < 1.29 is 14.6 Å². The van der Waals surface area contributed by atoms with Gasteiger partial charge in [-0.1, -0.05) is 0 Å². The minimum absolute atomic E-state index is 0.00618. The molecule has 3 aliphatic carbocycles. The van der Waals surface area contributed by atoms with E-state index in [1.54, 1.807) is 0 Å². The molecule has 3 atom stereocenters. The van der Waals surface area contributed by atoms with Crippen molar-refractivity contribution in [2.45, 2.75) is 51.0 Å². The first-order chi connectivity index (χ1) is 8.07. The van der Waals surface area contributed by atoms with Gasteiger partial charge in [-0.25, -0.2) is 0 Å². The number of aliphatic hydroxyl groups excluding tert-OH is 1. The van der Waals surface area contributed by atoms with Crippen molar-refractivity contribution in [2.24, 2.45) is 17.8 Å². The number of carbonyl (C=O) groups is 1. The molecule has 3 nitrogen and oxygen atoms in total. The predicted molar refractivity (Wildman–Crippen MR) is 63.4 cm³/mol. The van der Waals surface area contributed by atoms with Gasteiger partial charge in [0, 0.05) is 5.92 Å². The summed E-state index contributed by atoms with van der Waals surface area (Å²) >= 11 is 0. The smallest absolute Gasteiger partial charge is 0.310 e. The Kier molecular flexibility index (Phi) is 2.46. The fourth-order valence-electron chi connectivity index (χ4n) is 3.67. The monoisotopic (exact) mass is 236 g/mol. The predicted octanol–water partition coefficient (Wildman–Crippen LogP) is 2.96. The fraction of sp³-hybridized carbons (Fsp3) is 0.786. The lowest BCUT2D eigenvalue weighted by Gasteiger charge is -2.27. The Bertz CT molecular complexity index is 366. The fourth-order valence-corrected chi connectivity index (χ4v) is 3.67. The van der Waals surface area contributed by atoms with Gasteiger partial charge in [-0.15, -0.1) is 0 Å². The van der Waals surface area contributed by atoms with E-state index in [9.17, 15) is 9.90 Å². The second kappa shape index (κ2) is 3.76. The summed E-state index contributed by atoms with van der Waals surface area (Å²) in [6.07, 6.45) is 7.91. The third-order valence-corrected chi connectivity index (χ3v) is 4.73. The SMILES string of the molecule is CC1(OC(=O)C2CC3CC2C=C3O)CCCC1. The highest BCUT2D eigenvalue weighted by Crippen LogP contribution is 2.47. The molecule has 2 saturated carbocycles. The van der Waals surface area contributed by atoms with Gasteiger partial charge in [0.2, 0.25) is 0 Å². The molecule has 0 aromatic carbocycles. The largest absolute Gasteiger partial charge is 0.512 e. The van der Waals surface area contributed by atoms with Gasteiger partial charge in [0.1, 0.15) is 5.60 Å². The van der Waals surface area contributed by atoms with Crippen LogP contribution >= 0.6 is 0 Å². The number of hydrogen-bond donors (Lipinski definition) is 1. The Labute approximate surface area is 102 Å². The highest BCUT2D eigenvalue weighted by atomic mass is 16.6. The molecule has 0 spiro atoms. The van der Waals surface area contributed by atoms with Crippen LogP contribution in [0.25, 0.3) is 0 Å². The van der Waals surface area contributed by atoms with Crippen LogP contribution in [0.3, 0.4) is 0 Å². The molecule has 2 fully saturated rings. The van der Waals surface area contributed by atoms with Crippen LogP contribution in [0.15, 0.2) is 11.8 Å². The van der Waals surface area contributed by atoms with Crippen molar-refractivity contribution in [1.29, 1.82) is 0 Å². The average Bonchev–Trinajstić information content (AvgIpc) is 2.92. The summed E-state index contributed by atoms with van der Waals surface area (Å²) in [6, 6.07) is 0. The van der Waals surface area contributed by atoms with Gasteiger partial charge in [0.15, 0.2) is 0 Å². The third-order valence-electron chi connectivity index (χ3n) is 4.73. The van der Waals surface area contributed by atoms with Crippen molar-refractivity contribution in [3.8, 4) is 0 Å². The molecule has 17 heavy (non-hydrogen) atoms. The quantitative estimate of drug-likeness (QED) is 0.750. The van der Waals surface area contributed by atoms with Gasteiger partial charge in [0.05, 0.1) is 11.7 Å². The molecule has 94 valence electrons. The van der Waals surface area contributed by atoms with Gasteiger partial charge in [-0.05, 0) is 57.4 Å². The van der Waals surface area contributed by atoms with E-state index in [0.717, 1.165) is 25.7 Å². The molecule has 0 aromatic heterocycles. The Hall–Kier alpha value is -0.990. The van der Waals surface area contributed by atoms with Gasteiger partial charge < -0.3 is 9.84 Å². The minimum Gasteiger partial charge on any atom is -0.512 e. The molecule has 3 rings (SSSR count). The molecule has 3 heteroatoms. The van der Waals surface area contributed by atoms with Crippen LogP contribution in [0.1, 0.15) is 45.4 Å². The molecular weight excluding hydrogens is 216 g/mol. The Morgan fingerprint density at radius 2 is 2.12 bits per heavy atom. The van der Waals surface area contributed by atoms with Crippen molar-refractivity contribution in [3.05, 3.63) is 11.8 Å². The number of allylic oxidation sites excluding steroid dienone is 2. The zero-order valence-electron chi connectivity index (χ0n) is 10.3. The maximum atomic E-state index is 12.2. The first-order valence-corrected chi connectivity index (χ1v) is 6.71. The molecule has 0 heterocycles. The summed E-state index contributed by atoms with van der Waals surface area (Å²) in [5.74, 6) is 0.886. The molecule has 0 aromatic rings. The van der Waals surface area contributed by atoms with Gasteiger partial charge in [0.25, 0.3) is 0 Å². The van der Waals surface area contributed by atoms with Gasteiger partial charge >= 0.3 is 5.97 Å².